The smallest absolute Gasteiger partial charge is 0.368 e. The summed E-state index contributed by atoms with van der Waals surface area (Å²) in [5, 5.41) is 0. The number of aromatic nitrogens is 23. The van der Waals surface area contributed by atoms with E-state index in [0.29, 0.717) is 120 Å². The van der Waals surface area contributed by atoms with Gasteiger partial charge in [-0.15, -0.1) is 0 Å². The summed E-state index contributed by atoms with van der Waals surface area (Å²) >= 11 is 0. The molecule has 0 spiro atoms. The molecule has 0 radical (unpaired) electrons. The van der Waals surface area contributed by atoms with E-state index >= 15 is 0 Å². The first-order chi connectivity index (χ1) is 53.7. The fourth-order valence-electron chi connectivity index (χ4n) is 16.2. The lowest BCUT2D eigenvalue weighted by Crippen LogP contribution is -2.56. The van der Waals surface area contributed by atoms with Crippen LogP contribution in [0.15, 0.2) is 55.6 Å². The number of ether oxygens (including phenoxy) is 4. The summed E-state index contributed by atoms with van der Waals surface area (Å²) in [6, 6.07) is 1.87. The van der Waals surface area contributed by atoms with Crippen molar-refractivity contribution in [2.75, 3.05) is 84.5 Å². The highest BCUT2D eigenvalue weighted by Crippen LogP contribution is 2.51. The van der Waals surface area contributed by atoms with Crippen molar-refractivity contribution in [3.8, 4) is 45.6 Å². The van der Waals surface area contributed by atoms with E-state index in [1.54, 1.807) is 24.8 Å². The van der Waals surface area contributed by atoms with Gasteiger partial charge >= 0.3 is 6.18 Å². The molecule has 4 saturated heterocycles. The molecule has 38 heteroatoms. The summed E-state index contributed by atoms with van der Waals surface area (Å²) < 4.78 is 98.7. The lowest BCUT2D eigenvalue weighted by molar-refractivity contribution is -0.137. The van der Waals surface area contributed by atoms with Gasteiger partial charge in [-0.25, -0.2) is 98.5 Å². The molecule has 12 aromatic heterocycles. The number of hydrogen-bond donors (Lipinski definition) is 3. The van der Waals surface area contributed by atoms with Crippen LogP contribution in [-0.4, -0.2) is 184 Å². The van der Waals surface area contributed by atoms with E-state index in [0.717, 1.165) is 139 Å². The Morgan fingerprint density at radius 3 is 1.20 bits per heavy atom. The summed E-state index contributed by atoms with van der Waals surface area (Å²) in [4.78, 5) is 91.7. The van der Waals surface area contributed by atoms with E-state index in [9.17, 15) is 22.0 Å². The van der Waals surface area contributed by atoms with Crippen LogP contribution in [-0.2, 0) is 79.1 Å². The normalized spacial score (nSPS) is 21.5. The Hall–Kier alpha value is -11.1. The predicted octanol–water partition coefficient (Wildman–Crippen LogP) is 9.66. The Labute approximate surface area is 643 Å². The molecule has 1 atom stereocenters. The second kappa shape index (κ2) is 26.5. The van der Waals surface area contributed by atoms with Crippen LogP contribution in [0.5, 0.6) is 0 Å². The topological polar surface area (TPSA) is 389 Å². The number of fused-ring (bicyclic) bond motifs is 13. The van der Waals surface area contributed by atoms with Crippen LogP contribution < -0.4 is 31.9 Å². The van der Waals surface area contributed by atoms with Crippen molar-refractivity contribution >= 4 is 80.0 Å². The molecule has 0 unspecified atom stereocenters. The van der Waals surface area contributed by atoms with Crippen LogP contribution in [0.3, 0.4) is 0 Å². The minimum Gasteiger partial charge on any atom is -0.368 e. The molecule has 2 aliphatic carbocycles. The molecule has 22 rings (SSSR count). The summed E-state index contributed by atoms with van der Waals surface area (Å²) in [7, 11) is 0. The quantitative estimate of drug-likeness (QED) is 0.119. The molecule has 0 aromatic carbocycles. The Balaban J connectivity index is 0.000000105. The monoisotopic (exact) mass is 1550 g/mol. The molecule has 12 aromatic rings. The molecular formula is C75H84F5N29O4. The van der Waals surface area contributed by atoms with Crippen molar-refractivity contribution in [2.45, 2.75) is 186 Å². The number of nitrogens with zero attached hydrogens (tertiary/aromatic N) is 26. The highest BCUT2D eigenvalue weighted by Gasteiger charge is 2.49. The summed E-state index contributed by atoms with van der Waals surface area (Å²) in [5.74, 6) is 5.50. The maximum Gasteiger partial charge on any atom is 0.417 e. The van der Waals surface area contributed by atoms with E-state index < -0.39 is 53.2 Å². The molecule has 10 aliphatic rings. The number of imidazole rings is 4. The summed E-state index contributed by atoms with van der Waals surface area (Å²) in [5.41, 5.74) is 23.1. The van der Waals surface area contributed by atoms with Gasteiger partial charge in [-0.2, -0.15) is 13.2 Å². The zero-order valence-corrected chi connectivity index (χ0v) is 64.0. The zero-order valence-electron chi connectivity index (χ0n) is 64.0. The molecule has 20 heterocycles. The molecule has 33 nitrogen and oxygen atoms in total. The standard InChI is InChI=1S/C21H21F3N6O.C19H24N8O.C18H21N7O.C17H18F2N8O/c1-20(2)19-26-15-17(29(19)3-4-31-20)27-16(12-7-13(9-25-8-12)21(22,23)24)28-18(15)30-10-11-5-14(30)6-11;1-11-5-4-6-26(11)15-13-16(27-7-8-28-19(2,3)17(27)23-13)25-14(24-15)12-9-21-18(20)22-10-12;1-17(2)15-22-11-12(18(3)4-5-18)23-13(10-8-20-16(19)21-9-10)24-14(11)25(15)6-7-26-17;1-16(2)14-23-10-12(26-7-17(18,19)8-26)24-11(9-5-21-15(20)22-6-9)25-13(10)27(14)3-4-28-16/h7-9,11,14H,3-6,10H2,1-2H3;9-11H,4-8H2,1-3H3,(H2,20,21,22);8-9H,4-7H2,1-3H3,(H2,19,20,21);5-6H,3-4,7-8H2,1-2H3,(H2,20,21,22)/t;11-;;/m.0../s1. The van der Waals surface area contributed by atoms with Crippen LogP contribution in [0, 0.1) is 5.92 Å². The SMILES string of the molecule is CC1(C)OCCn2c1nc1c(N3CC(F)(F)C3)nc(-c3cnc(N)nc3)nc12.CC1(C)OCCn2c1nc1c(N3CC4CC3C4)nc(-c3cncc(C(F)(F)F)c3)nc12.CC1(c2nc(-c3cnc(N)nc3)nc3c2nc2n3CCOC2(C)C)CC1.C[C@H]1CCCN1c1nc(-c2cnc(N)nc2)nc2c1nc1n2CCOC1(C)C. The first-order valence-corrected chi connectivity index (χ1v) is 37.9. The zero-order chi connectivity index (χ0) is 78.8. The number of hydrogen-bond acceptors (Lipinski definition) is 29. The third kappa shape index (κ3) is 13.1. The van der Waals surface area contributed by atoms with Gasteiger partial charge in [0.15, 0.2) is 79.9 Å². The van der Waals surface area contributed by atoms with Crippen LogP contribution in [0.25, 0.3) is 90.2 Å². The highest BCUT2D eigenvalue weighted by atomic mass is 19.4. The Bertz CT molecular complexity index is 5730. The minimum absolute atomic E-state index is 0.0557. The average Bonchev–Trinajstić information content (AvgIpc) is 1.58. The third-order valence-electron chi connectivity index (χ3n) is 22.6. The molecule has 2 saturated carbocycles. The number of anilines is 6. The number of rotatable bonds is 8. The summed E-state index contributed by atoms with van der Waals surface area (Å²) in [6.45, 7) is 26.4. The number of nitrogens with two attached hydrogens (primary N) is 3. The summed E-state index contributed by atoms with van der Waals surface area (Å²) in [6.07, 6.45) is 14.2. The molecule has 6 N–H and O–H groups in total. The van der Waals surface area contributed by atoms with Gasteiger partial charge < -0.3 is 69.1 Å². The molecular weight excluding hydrogens is 1470 g/mol. The largest absolute Gasteiger partial charge is 0.417 e. The highest BCUT2D eigenvalue weighted by molar-refractivity contribution is 5.90. The number of halogens is 5. The van der Waals surface area contributed by atoms with E-state index in [4.69, 9.17) is 76.0 Å². The van der Waals surface area contributed by atoms with E-state index in [1.165, 1.54) is 23.5 Å². The van der Waals surface area contributed by atoms with Gasteiger partial charge in [0.1, 0.15) is 51.2 Å². The van der Waals surface area contributed by atoms with Gasteiger partial charge in [0.2, 0.25) is 17.8 Å². The number of pyridine rings is 1. The molecule has 2 bridgehead atoms. The Kier molecular flexibility index (Phi) is 17.2. The fourth-order valence-corrected chi connectivity index (χ4v) is 16.2. The van der Waals surface area contributed by atoms with Gasteiger partial charge in [-0.3, -0.25) is 4.98 Å². The predicted molar refractivity (Wildman–Crippen MR) is 405 cm³/mol. The lowest BCUT2D eigenvalue weighted by atomic mass is 9.86. The van der Waals surface area contributed by atoms with Gasteiger partial charge in [0.05, 0.1) is 67.5 Å². The van der Waals surface area contributed by atoms with Crippen LogP contribution in [0.2, 0.25) is 0 Å². The first-order valence-electron chi connectivity index (χ1n) is 37.9. The maximum atomic E-state index is 13.5. The minimum atomic E-state index is -4.48. The van der Waals surface area contributed by atoms with Crippen molar-refractivity contribution in [1.29, 1.82) is 0 Å². The number of nitrogen functional groups attached to an aromatic ring is 3. The molecule has 8 aliphatic heterocycles. The van der Waals surface area contributed by atoms with Crippen molar-refractivity contribution in [3.05, 3.63) is 90.2 Å². The first kappa shape index (κ1) is 73.4. The maximum absolute atomic E-state index is 13.5. The third-order valence-corrected chi connectivity index (χ3v) is 22.6. The second-order valence-electron chi connectivity index (χ2n) is 32.5. The van der Waals surface area contributed by atoms with E-state index in [1.807, 2.05) is 64.5 Å². The Morgan fingerprint density at radius 1 is 0.442 bits per heavy atom. The van der Waals surface area contributed by atoms with Gasteiger partial charge in [0.25, 0.3) is 5.92 Å². The van der Waals surface area contributed by atoms with Crippen LogP contribution >= 0.6 is 0 Å². The number of alkyl halides is 5. The van der Waals surface area contributed by atoms with E-state index in [-0.39, 0.29) is 34.6 Å². The van der Waals surface area contributed by atoms with Crippen molar-refractivity contribution in [1.82, 2.24) is 113 Å². The van der Waals surface area contributed by atoms with E-state index in [2.05, 4.69) is 87.6 Å². The Morgan fingerprint density at radius 2 is 0.823 bits per heavy atom. The van der Waals surface area contributed by atoms with Gasteiger partial charge in [0, 0.05) is 112 Å². The average molecular weight is 1550 g/mol. The fraction of sp³-hybridized carbons (Fsp3) is 0.507. The van der Waals surface area contributed by atoms with Crippen molar-refractivity contribution in [2.24, 2.45) is 5.92 Å². The van der Waals surface area contributed by atoms with Gasteiger partial charge in [-0.05, 0) is 113 Å². The molecule has 6 fully saturated rings. The van der Waals surface area contributed by atoms with Crippen LogP contribution in [0.1, 0.15) is 142 Å². The molecule has 0 amide bonds. The van der Waals surface area contributed by atoms with Crippen molar-refractivity contribution in [3.63, 3.8) is 0 Å². The molecule has 113 heavy (non-hydrogen) atoms. The van der Waals surface area contributed by atoms with Gasteiger partial charge in [-0.1, -0.05) is 6.92 Å². The van der Waals surface area contributed by atoms with Crippen LogP contribution in [0.4, 0.5) is 57.3 Å². The van der Waals surface area contributed by atoms with Crippen molar-refractivity contribution < 1.29 is 40.9 Å². The molecule has 588 valence electrons. The second-order valence-corrected chi connectivity index (χ2v) is 32.5. The lowest BCUT2D eigenvalue weighted by Gasteiger charge is -2.39.